The van der Waals surface area contributed by atoms with Crippen LogP contribution in [0.5, 0.6) is 0 Å². The van der Waals surface area contributed by atoms with Crippen LogP contribution in [0, 0.1) is 0 Å². The average Bonchev–Trinajstić information content (AvgIpc) is 2.60. The molecule has 0 saturated carbocycles. The quantitative estimate of drug-likeness (QED) is 0.757. The number of benzene rings is 2. The number of carbonyl (C=O) groups is 2. The number of hydrogen-bond donors (Lipinski definition) is 2. The van der Waals surface area contributed by atoms with Gasteiger partial charge in [0.15, 0.2) is 0 Å². The molecule has 0 aliphatic rings. The summed E-state index contributed by atoms with van der Waals surface area (Å²) in [6.07, 6.45) is -0.162. The van der Waals surface area contributed by atoms with Crippen LogP contribution in [0.15, 0.2) is 54.6 Å². The van der Waals surface area contributed by atoms with Crippen LogP contribution in [0.25, 0.3) is 0 Å². The van der Waals surface area contributed by atoms with Crippen molar-refractivity contribution >= 4 is 17.6 Å². The van der Waals surface area contributed by atoms with E-state index >= 15 is 0 Å². The molecule has 1 amide bonds. The van der Waals surface area contributed by atoms with E-state index in [1.807, 2.05) is 37.3 Å². The average molecular weight is 340 g/mol. The molecule has 2 aromatic rings. The van der Waals surface area contributed by atoms with E-state index in [1.54, 1.807) is 38.1 Å². The fourth-order valence-corrected chi connectivity index (χ4v) is 2.28. The molecule has 0 bridgehead atoms. The maximum Gasteiger partial charge on any atom is 0.338 e. The smallest absolute Gasteiger partial charge is 0.338 e. The third-order valence-electron chi connectivity index (χ3n) is 3.62. The van der Waals surface area contributed by atoms with Crippen LogP contribution in [0.1, 0.15) is 42.7 Å². The zero-order valence-electron chi connectivity index (χ0n) is 14.8. The van der Waals surface area contributed by atoms with Gasteiger partial charge >= 0.3 is 5.97 Å². The minimum absolute atomic E-state index is 0.0835. The molecule has 2 N–H and O–H groups in total. The zero-order chi connectivity index (χ0) is 18.2. The van der Waals surface area contributed by atoms with Crippen molar-refractivity contribution in [1.29, 1.82) is 0 Å². The van der Waals surface area contributed by atoms with Gasteiger partial charge in [-0.1, -0.05) is 30.3 Å². The third-order valence-corrected chi connectivity index (χ3v) is 3.62. The molecule has 0 spiro atoms. The third kappa shape index (κ3) is 6.04. The molecular weight excluding hydrogens is 316 g/mol. The largest absolute Gasteiger partial charge is 0.459 e. The van der Waals surface area contributed by atoms with E-state index in [0.29, 0.717) is 11.3 Å². The Labute approximate surface area is 148 Å². The molecule has 0 fully saturated rings. The molecule has 132 valence electrons. The van der Waals surface area contributed by atoms with E-state index in [-0.39, 0.29) is 30.6 Å². The Bertz CT molecular complexity index is 697. The standard InChI is InChI=1S/C20H24N2O3/c1-14(2)25-20(24)17-9-11-18(12-10-17)22-19(23)13-21-15(3)16-7-5-4-6-8-16/h4-12,14-15,21H,13H2,1-3H3,(H,22,23)/t15-/m1/s1. The molecule has 0 radical (unpaired) electrons. The van der Waals surface area contributed by atoms with E-state index < -0.39 is 0 Å². The summed E-state index contributed by atoms with van der Waals surface area (Å²) in [4.78, 5) is 23.8. The normalized spacial score (nSPS) is 11.8. The molecule has 0 heterocycles. The molecule has 0 aliphatic heterocycles. The Morgan fingerprint density at radius 2 is 1.60 bits per heavy atom. The van der Waals surface area contributed by atoms with Gasteiger partial charge in [0.2, 0.25) is 5.91 Å². The number of rotatable bonds is 7. The highest BCUT2D eigenvalue weighted by atomic mass is 16.5. The van der Waals surface area contributed by atoms with Crippen LogP contribution < -0.4 is 10.6 Å². The number of nitrogens with one attached hydrogen (secondary N) is 2. The van der Waals surface area contributed by atoms with Crippen molar-refractivity contribution in [3.63, 3.8) is 0 Å². The minimum atomic E-state index is -0.369. The monoisotopic (exact) mass is 340 g/mol. The van der Waals surface area contributed by atoms with Gasteiger partial charge in [0.25, 0.3) is 0 Å². The topological polar surface area (TPSA) is 67.4 Å². The summed E-state index contributed by atoms with van der Waals surface area (Å²) in [5, 5.41) is 5.99. The van der Waals surface area contributed by atoms with Gasteiger partial charge in [-0.25, -0.2) is 4.79 Å². The molecule has 0 unspecified atom stereocenters. The molecule has 2 rings (SSSR count). The van der Waals surface area contributed by atoms with Gasteiger partial charge in [-0.3, -0.25) is 4.79 Å². The summed E-state index contributed by atoms with van der Waals surface area (Å²) in [5.41, 5.74) is 2.23. The molecule has 5 nitrogen and oxygen atoms in total. The van der Waals surface area contributed by atoms with Crippen LogP contribution in [-0.2, 0) is 9.53 Å². The van der Waals surface area contributed by atoms with Gasteiger partial charge in [-0.15, -0.1) is 0 Å². The first kappa shape index (κ1) is 18.7. The molecule has 5 heteroatoms. The second kappa shape index (κ2) is 8.99. The first-order valence-corrected chi connectivity index (χ1v) is 8.35. The van der Waals surface area contributed by atoms with E-state index in [0.717, 1.165) is 5.56 Å². The lowest BCUT2D eigenvalue weighted by Crippen LogP contribution is -2.30. The van der Waals surface area contributed by atoms with Crippen molar-refractivity contribution in [2.24, 2.45) is 0 Å². The maximum absolute atomic E-state index is 12.0. The number of ether oxygens (including phenoxy) is 1. The Balaban J connectivity index is 1.83. The second-order valence-electron chi connectivity index (χ2n) is 6.09. The first-order chi connectivity index (χ1) is 12.0. The molecule has 0 saturated heterocycles. The summed E-state index contributed by atoms with van der Waals surface area (Å²) in [7, 11) is 0. The van der Waals surface area contributed by atoms with Gasteiger partial charge in [0.1, 0.15) is 0 Å². The summed E-state index contributed by atoms with van der Waals surface area (Å²) < 4.78 is 5.13. The Morgan fingerprint density at radius 3 is 2.20 bits per heavy atom. The molecule has 0 aromatic heterocycles. The van der Waals surface area contributed by atoms with Gasteiger partial charge in [-0.2, -0.15) is 0 Å². The molecular formula is C20H24N2O3. The lowest BCUT2D eigenvalue weighted by Gasteiger charge is -2.14. The molecule has 1 atom stereocenters. The summed E-state index contributed by atoms with van der Waals surface area (Å²) >= 11 is 0. The maximum atomic E-state index is 12.0. The number of esters is 1. The number of carbonyl (C=O) groups excluding carboxylic acids is 2. The van der Waals surface area contributed by atoms with Gasteiger partial charge in [0, 0.05) is 11.7 Å². The highest BCUT2D eigenvalue weighted by molar-refractivity contribution is 5.94. The van der Waals surface area contributed by atoms with Crippen molar-refractivity contribution in [2.75, 3.05) is 11.9 Å². The Morgan fingerprint density at radius 1 is 0.960 bits per heavy atom. The van der Waals surface area contributed by atoms with Gasteiger partial charge < -0.3 is 15.4 Å². The fourth-order valence-electron chi connectivity index (χ4n) is 2.28. The number of anilines is 1. The lowest BCUT2D eigenvalue weighted by atomic mass is 10.1. The van der Waals surface area contributed by atoms with E-state index in [1.165, 1.54) is 0 Å². The van der Waals surface area contributed by atoms with Crippen molar-refractivity contribution in [3.8, 4) is 0 Å². The predicted octanol–water partition coefficient (Wildman–Crippen LogP) is 3.54. The highest BCUT2D eigenvalue weighted by Crippen LogP contribution is 2.12. The minimum Gasteiger partial charge on any atom is -0.459 e. The van der Waals surface area contributed by atoms with Crippen molar-refractivity contribution in [3.05, 3.63) is 65.7 Å². The van der Waals surface area contributed by atoms with Gasteiger partial charge in [-0.05, 0) is 50.6 Å². The van der Waals surface area contributed by atoms with Crippen LogP contribution in [0.4, 0.5) is 5.69 Å². The Kier molecular flexibility index (Phi) is 6.71. The van der Waals surface area contributed by atoms with Crippen LogP contribution in [0.2, 0.25) is 0 Å². The van der Waals surface area contributed by atoms with Gasteiger partial charge in [0.05, 0.1) is 18.2 Å². The van der Waals surface area contributed by atoms with Crippen LogP contribution in [-0.4, -0.2) is 24.5 Å². The molecule has 2 aromatic carbocycles. The molecule has 0 aliphatic carbocycles. The summed E-state index contributed by atoms with van der Waals surface area (Å²) in [6, 6.07) is 16.7. The van der Waals surface area contributed by atoms with E-state index in [9.17, 15) is 9.59 Å². The number of amides is 1. The van der Waals surface area contributed by atoms with Crippen LogP contribution in [0.3, 0.4) is 0 Å². The zero-order valence-corrected chi connectivity index (χ0v) is 14.8. The fraction of sp³-hybridized carbons (Fsp3) is 0.300. The highest BCUT2D eigenvalue weighted by Gasteiger charge is 2.10. The SMILES string of the molecule is CC(C)OC(=O)c1ccc(NC(=O)CN[C@H](C)c2ccccc2)cc1. The van der Waals surface area contributed by atoms with Crippen LogP contribution >= 0.6 is 0 Å². The van der Waals surface area contributed by atoms with E-state index in [4.69, 9.17) is 4.74 Å². The number of hydrogen-bond acceptors (Lipinski definition) is 4. The predicted molar refractivity (Wildman–Crippen MR) is 98.5 cm³/mol. The van der Waals surface area contributed by atoms with Crippen molar-refractivity contribution in [1.82, 2.24) is 5.32 Å². The van der Waals surface area contributed by atoms with Crippen molar-refractivity contribution < 1.29 is 14.3 Å². The first-order valence-electron chi connectivity index (χ1n) is 8.35. The molecule has 25 heavy (non-hydrogen) atoms. The van der Waals surface area contributed by atoms with E-state index in [2.05, 4.69) is 10.6 Å². The lowest BCUT2D eigenvalue weighted by molar-refractivity contribution is -0.115. The summed E-state index contributed by atoms with van der Waals surface area (Å²) in [5.74, 6) is -0.508. The van der Waals surface area contributed by atoms with Crippen molar-refractivity contribution in [2.45, 2.75) is 32.9 Å². The summed E-state index contributed by atoms with van der Waals surface area (Å²) in [6.45, 7) is 5.82. The second-order valence-corrected chi connectivity index (χ2v) is 6.09. The Hall–Kier alpha value is -2.66.